The van der Waals surface area contributed by atoms with E-state index in [0.717, 1.165) is 18.8 Å². The standard InChI is InChI=1S/C14H20N2O2S/c1-8-4-6-11(7-5-8)19-13-12(14(17)18)9(2)15-10(3)16-13/h8,11H,4-7H2,1-3H3,(H,17,18). The highest BCUT2D eigenvalue weighted by molar-refractivity contribution is 7.99. The molecule has 5 heteroatoms. The van der Waals surface area contributed by atoms with Crippen LogP contribution in [0.15, 0.2) is 5.03 Å². The average molecular weight is 280 g/mol. The number of aryl methyl sites for hydroxylation is 2. The van der Waals surface area contributed by atoms with Crippen LogP contribution in [0.2, 0.25) is 0 Å². The summed E-state index contributed by atoms with van der Waals surface area (Å²) in [5, 5.41) is 10.4. The van der Waals surface area contributed by atoms with Crippen LogP contribution in [-0.4, -0.2) is 26.3 Å². The molecule has 1 aromatic rings. The molecule has 0 radical (unpaired) electrons. The van der Waals surface area contributed by atoms with Crippen LogP contribution in [0.5, 0.6) is 0 Å². The maximum Gasteiger partial charge on any atom is 0.340 e. The van der Waals surface area contributed by atoms with Crippen LogP contribution in [0.25, 0.3) is 0 Å². The summed E-state index contributed by atoms with van der Waals surface area (Å²) in [6.07, 6.45) is 4.74. The number of thioether (sulfide) groups is 1. The van der Waals surface area contributed by atoms with E-state index in [1.165, 1.54) is 12.8 Å². The summed E-state index contributed by atoms with van der Waals surface area (Å²) >= 11 is 1.62. The van der Waals surface area contributed by atoms with Crippen molar-refractivity contribution >= 4 is 17.7 Å². The molecule has 1 fully saturated rings. The zero-order valence-corrected chi connectivity index (χ0v) is 12.5. The lowest BCUT2D eigenvalue weighted by Gasteiger charge is -2.25. The Bertz CT molecular complexity index is 483. The largest absolute Gasteiger partial charge is 0.478 e. The maximum absolute atomic E-state index is 11.4. The number of aromatic carboxylic acids is 1. The van der Waals surface area contributed by atoms with E-state index in [-0.39, 0.29) is 5.56 Å². The zero-order chi connectivity index (χ0) is 14.0. The molecule has 1 aliphatic rings. The zero-order valence-electron chi connectivity index (χ0n) is 11.6. The molecule has 0 atom stereocenters. The molecule has 104 valence electrons. The van der Waals surface area contributed by atoms with Crippen molar-refractivity contribution in [1.82, 2.24) is 9.97 Å². The minimum Gasteiger partial charge on any atom is -0.478 e. The van der Waals surface area contributed by atoms with Gasteiger partial charge in [-0.25, -0.2) is 14.8 Å². The SMILES string of the molecule is Cc1nc(C)c(C(=O)O)c(SC2CCC(C)CC2)n1. The Morgan fingerprint density at radius 3 is 2.42 bits per heavy atom. The molecule has 0 spiro atoms. The van der Waals surface area contributed by atoms with Crippen LogP contribution in [-0.2, 0) is 0 Å². The number of carbonyl (C=O) groups is 1. The lowest BCUT2D eigenvalue weighted by Crippen LogP contribution is -2.16. The quantitative estimate of drug-likeness (QED) is 0.859. The van der Waals surface area contributed by atoms with Crippen molar-refractivity contribution in [1.29, 1.82) is 0 Å². The third-order valence-electron chi connectivity index (χ3n) is 3.62. The van der Waals surface area contributed by atoms with Crippen molar-refractivity contribution in [2.75, 3.05) is 0 Å². The van der Waals surface area contributed by atoms with Crippen molar-refractivity contribution in [3.63, 3.8) is 0 Å². The summed E-state index contributed by atoms with van der Waals surface area (Å²) in [6, 6.07) is 0. The Hall–Kier alpha value is -1.10. The van der Waals surface area contributed by atoms with Crippen LogP contribution >= 0.6 is 11.8 Å². The van der Waals surface area contributed by atoms with Gasteiger partial charge in [-0.1, -0.05) is 6.92 Å². The van der Waals surface area contributed by atoms with Crippen molar-refractivity contribution in [3.05, 3.63) is 17.1 Å². The molecule has 0 aromatic carbocycles. The topological polar surface area (TPSA) is 63.1 Å². The van der Waals surface area contributed by atoms with Crippen molar-refractivity contribution < 1.29 is 9.90 Å². The van der Waals surface area contributed by atoms with E-state index in [9.17, 15) is 9.90 Å². The summed E-state index contributed by atoms with van der Waals surface area (Å²) in [5.41, 5.74) is 0.834. The lowest BCUT2D eigenvalue weighted by molar-refractivity contribution is 0.0690. The van der Waals surface area contributed by atoms with Crippen LogP contribution in [0, 0.1) is 19.8 Å². The van der Waals surface area contributed by atoms with E-state index in [2.05, 4.69) is 16.9 Å². The molecule has 1 N–H and O–H groups in total. The number of rotatable bonds is 3. The molecule has 0 amide bonds. The van der Waals surface area contributed by atoms with Gasteiger partial charge in [0.15, 0.2) is 0 Å². The van der Waals surface area contributed by atoms with E-state index in [0.29, 0.717) is 21.8 Å². The van der Waals surface area contributed by atoms with E-state index >= 15 is 0 Å². The van der Waals surface area contributed by atoms with Crippen molar-refractivity contribution in [2.24, 2.45) is 5.92 Å². The minimum atomic E-state index is -0.927. The highest BCUT2D eigenvalue weighted by Gasteiger charge is 2.24. The molecule has 0 unspecified atom stereocenters. The number of carboxylic acids is 1. The van der Waals surface area contributed by atoms with Gasteiger partial charge in [0.1, 0.15) is 16.4 Å². The smallest absolute Gasteiger partial charge is 0.340 e. The van der Waals surface area contributed by atoms with Gasteiger partial charge >= 0.3 is 5.97 Å². The molecule has 0 saturated heterocycles. The second-order valence-corrected chi connectivity index (χ2v) is 6.63. The summed E-state index contributed by atoms with van der Waals surface area (Å²) in [6.45, 7) is 5.83. The number of nitrogens with zero attached hydrogens (tertiary/aromatic N) is 2. The van der Waals surface area contributed by atoms with Crippen LogP contribution < -0.4 is 0 Å². The summed E-state index contributed by atoms with van der Waals surface area (Å²) < 4.78 is 0. The van der Waals surface area contributed by atoms with E-state index in [4.69, 9.17) is 0 Å². The van der Waals surface area contributed by atoms with Gasteiger partial charge < -0.3 is 5.11 Å². The fourth-order valence-corrected chi connectivity index (χ4v) is 3.88. The van der Waals surface area contributed by atoms with Crippen LogP contribution in [0.1, 0.15) is 54.5 Å². The fourth-order valence-electron chi connectivity index (χ4n) is 2.52. The van der Waals surface area contributed by atoms with Gasteiger partial charge in [-0.2, -0.15) is 0 Å². The van der Waals surface area contributed by atoms with Gasteiger partial charge in [0.05, 0.1) is 5.69 Å². The molecule has 1 saturated carbocycles. The molecular weight excluding hydrogens is 260 g/mol. The van der Waals surface area contributed by atoms with E-state index in [1.54, 1.807) is 18.7 Å². The van der Waals surface area contributed by atoms with Gasteiger partial charge in [0, 0.05) is 5.25 Å². The summed E-state index contributed by atoms with van der Waals surface area (Å²) in [5.74, 6) is 0.517. The van der Waals surface area contributed by atoms with E-state index < -0.39 is 5.97 Å². The van der Waals surface area contributed by atoms with Crippen LogP contribution in [0.4, 0.5) is 0 Å². The first-order valence-electron chi connectivity index (χ1n) is 6.72. The fraction of sp³-hybridized carbons (Fsp3) is 0.643. The second-order valence-electron chi connectivity index (χ2n) is 5.34. The Labute approximate surface area is 118 Å². The highest BCUT2D eigenvalue weighted by atomic mass is 32.2. The Balaban J connectivity index is 2.21. The predicted molar refractivity (Wildman–Crippen MR) is 75.7 cm³/mol. The second kappa shape index (κ2) is 5.90. The maximum atomic E-state index is 11.4. The molecule has 0 bridgehead atoms. The monoisotopic (exact) mass is 280 g/mol. The Morgan fingerprint density at radius 2 is 1.84 bits per heavy atom. The third-order valence-corrected chi connectivity index (χ3v) is 4.95. The minimum absolute atomic E-state index is 0.272. The highest BCUT2D eigenvalue weighted by Crippen LogP contribution is 2.36. The summed E-state index contributed by atoms with van der Waals surface area (Å²) in [4.78, 5) is 19.8. The van der Waals surface area contributed by atoms with Gasteiger partial charge in [-0.05, 0) is 45.4 Å². The molecule has 0 aliphatic heterocycles. The van der Waals surface area contributed by atoms with Crippen molar-refractivity contribution in [3.8, 4) is 0 Å². The lowest BCUT2D eigenvalue weighted by atomic mass is 9.91. The predicted octanol–water partition coefficient (Wildman–Crippen LogP) is 3.46. The normalized spacial score (nSPS) is 23.3. The molecule has 1 aromatic heterocycles. The van der Waals surface area contributed by atoms with E-state index in [1.807, 2.05) is 6.92 Å². The number of carboxylic acid groups (broad SMARTS) is 1. The summed E-state index contributed by atoms with van der Waals surface area (Å²) in [7, 11) is 0. The average Bonchev–Trinajstić information content (AvgIpc) is 2.30. The van der Waals surface area contributed by atoms with Gasteiger partial charge in [0.2, 0.25) is 0 Å². The first kappa shape index (κ1) is 14.3. The van der Waals surface area contributed by atoms with Gasteiger partial charge in [-0.3, -0.25) is 0 Å². The number of hydrogen-bond acceptors (Lipinski definition) is 4. The first-order chi connectivity index (χ1) is 8.97. The molecule has 19 heavy (non-hydrogen) atoms. The molecule has 1 aliphatic carbocycles. The molecule has 1 heterocycles. The Kier molecular flexibility index (Phi) is 4.45. The van der Waals surface area contributed by atoms with Crippen molar-refractivity contribution in [2.45, 2.75) is 56.7 Å². The van der Waals surface area contributed by atoms with Gasteiger partial charge in [-0.15, -0.1) is 11.8 Å². The Morgan fingerprint density at radius 1 is 1.21 bits per heavy atom. The number of hydrogen-bond donors (Lipinski definition) is 1. The molecule has 4 nitrogen and oxygen atoms in total. The molecule has 2 rings (SSSR count). The third kappa shape index (κ3) is 3.47. The molecular formula is C14H20N2O2S. The van der Waals surface area contributed by atoms with Gasteiger partial charge in [0.25, 0.3) is 0 Å². The number of aromatic nitrogens is 2. The van der Waals surface area contributed by atoms with Crippen LogP contribution in [0.3, 0.4) is 0 Å². The first-order valence-corrected chi connectivity index (χ1v) is 7.60.